The van der Waals surface area contributed by atoms with E-state index in [4.69, 9.17) is 11.6 Å². The lowest BCUT2D eigenvalue weighted by atomic mass is 10.2. The Morgan fingerprint density at radius 1 is 1.12 bits per heavy atom. The SMILES string of the molecule is O=[N+]([O-])c1cc(Cl)ccc1S(=O)(=O)Oc1cccc(C(F)(F)F)c1. The summed E-state index contributed by atoms with van der Waals surface area (Å²) < 4.78 is 66.8. The van der Waals surface area contributed by atoms with Crippen LogP contribution in [0, 0.1) is 10.1 Å². The van der Waals surface area contributed by atoms with Gasteiger partial charge in [0.2, 0.25) is 0 Å². The second kappa shape index (κ2) is 6.29. The average molecular weight is 382 g/mol. The molecule has 128 valence electrons. The van der Waals surface area contributed by atoms with Crippen LogP contribution in [-0.4, -0.2) is 13.3 Å². The number of rotatable bonds is 4. The monoisotopic (exact) mass is 381 g/mol. The molecule has 11 heteroatoms. The summed E-state index contributed by atoms with van der Waals surface area (Å²) in [6.07, 6.45) is -4.70. The van der Waals surface area contributed by atoms with E-state index in [0.29, 0.717) is 6.07 Å². The highest BCUT2D eigenvalue weighted by Crippen LogP contribution is 2.33. The zero-order chi connectivity index (χ0) is 18.1. The molecule has 2 aromatic rings. The predicted molar refractivity (Wildman–Crippen MR) is 77.4 cm³/mol. The van der Waals surface area contributed by atoms with E-state index in [2.05, 4.69) is 4.18 Å². The first-order valence-corrected chi connectivity index (χ1v) is 7.85. The molecule has 0 radical (unpaired) electrons. The van der Waals surface area contributed by atoms with E-state index >= 15 is 0 Å². The Balaban J connectivity index is 2.45. The third-order valence-electron chi connectivity index (χ3n) is 2.75. The molecular weight excluding hydrogens is 375 g/mol. The average Bonchev–Trinajstić information content (AvgIpc) is 2.45. The molecule has 0 aromatic heterocycles. The number of hydrogen-bond donors (Lipinski definition) is 0. The van der Waals surface area contributed by atoms with Crippen molar-refractivity contribution in [2.45, 2.75) is 11.1 Å². The van der Waals surface area contributed by atoms with Crippen LogP contribution in [0.3, 0.4) is 0 Å². The first-order chi connectivity index (χ1) is 11.0. The lowest BCUT2D eigenvalue weighted by Gasteiger charge is -2.10. The summed E-state index contributed by atoms with van der Waals surface area (Å²) in [6.45, 7) is 0. The third-order valence-corrected chi connectivity index (χ3v) is 4.29. The summed E-state index contributed by atoms with van der Waals surface area (Å²) in [7, 11) is -4.74. The number of alkyl halides is 3. The molecule has 0 spiro atoms. The molecule has 24 heavy (non-hydrogen) atoms. The van der Waals surface area contributed by atoms with Crippen LogP contribution in [0.25, 0.3) is 0 Å². The molecule has 6 nitrogen and oxygen atoms in total. The van der Waals surface area contributed by atoms with Gasteiger partial charge in [-0.05, 0) is 30.3 Å². The van der Waals surface area contributed by atoms with Gasteiger partial charge in [-0.15, -0.1) is 0 Å². The summed E-state index contributed by atoms with van der Waals surface area (Å²) >= 11 is 5.58. The maximum absolute atomic E-state index is 12.6. The number of benzene rings is 2. The number of halogens is 4. The van der Waals surface area contributed by atoms with Crippen LogP contribution in [-0.2, 0) is 16.3 Å². The molecule has 2 rings (SSSR count). The number of nitrogens with zero attached hydrogens (tertiary/aromatic N) is 1. The summed E-state index contributed by atoms with van der Waals surface area (Å²) in [5, 5.41) is 10.9. The Labute approximate surface area is 138 Å². The van der Waals surface area contributed by atoms with Crippen molar-refractivity contribution in [1.29, 1.82) is 0 Å². The van der Waals surface area contributed by atoms with Crippen LogP contribution in [0.4, 0.5) is 18.9 Å². The highest BCUT2D eigenvalue weighted by molar-refractivity contribution is 7.87. The maximum atomic E-state index is 12.6. The van der Waals surface area contributed by atoms with E-state index in [-0.39, 0.29) is 5.02 Å². The van der Waals surface area contributed by atoms with Crippen LogP contribution in [0.2, 0.25) is 5.02 Å². The molecule has 0 fully saturated rings. The summed E-state index contributed by atoms with van der Waals surface area (Å²) in [4.78, 5) is 9.12. The van der Waals surface area contributed by atoms with Gasteiger partial charge in [-0.2, -0.15) is 21.6 Å². The van der Waals surface area contributed by atoms with Crippen molar-refractivity contribution in [1.82, 2.24) is 0 Å². The molecule has 0 unspecified atom stereocenters. The smallest absolute Gasteiger partial charge is 0.379 e. The van der Waals surface area contributed by atoms with Crippen molar-refractivity contribution in [2.75, 3.05) is 0 Å². The van der Waals surface area contributed by atoms with Crippen molar-refractivity contribution in [3.63, 3.8) is 0 Å². The number of nitro groups is 1. The molecule has 0 N–H and O–H groups in total. The highest BCUT2D eigenvalue weighted by atomic mass is 35.5. The standard InChI is InChI=1S/C13H7ClF3NO5S/c14-9-4-5-12(11(7-9)18(19)20)24(21,22)23-10-3-1-2-8(6-10)13(15,16)17/h1-7H. The zero-order valence-corrected chi connectivity index (χ0v) is 13.0. The van der Waals surface area contributed by atoms with Crippen molar-refractivity contribution >= 4 is 27.4 Å². The van der Waals surface area contributed by atoms with Gasteiger partial charge in [0.15, 0.2) is 4.90 Å². The fourth-order valence-corrected chi connectivity index (χ4v) is 2.98. The van der Waals surface area contributed by atoms with Gasteiger partial charge in [0.1, 0.15) is 5.75 Å². The zero-order valence-electron chi connectivity index (χ0n) is 11.5. The molecule has 0 bridgehead atoms. The molecule has 2 aromatic carbocycles. The van der Waals surface area contributed by atoms with E-state index in [1.165, 1.54) is 0 Å². The quantitative estimate of drug-likeness (QED) is 0.453. The van der Waals surface area contributed by atoms with Crippen LogP contribution >= 0.6 is 11.6 Å². The second-order valence-corrected chi connectivity index (χ2v) is 6.38. The van der Waals surface area contributed by atoms with Gasteiger partial charge < -0.3 is 4.18 Å². The lowest BCUT2D eigenvalue weighted by Crippen LogP contribution is -2.13. The Morgan fingerprint density at radius 2 is 1.79 bits per heavy atom. The minimum absolute atomic E-state index is 0.0836. The van der Waals surface area contributed by atoms with Crippen LogP contribution < -0.4 is 4.18 Å². The summed E-state index contributed by atoms with van der Waals surface area (Å²) in [5.41, 5.74) is -1.98. The van der Waals surface area contributed by atoms with E-state index in [1.54, 1.807) is 0 Å². The van der Waals surface area contributed by atoms with Gasteiger partial charge in [0.05, 0.1) is 10.5 Å². The van der Waals surface area contributed by atoms with E-state index in [0.717, 1.165) is 36.4 Å². The molecular formula is C13H7ClF3NO5S. The molecule has 0 amide bonds. The van der Waals surface area contributed by atoms with E-state index in [9.17, 15) is 31.7 Å². The van der Waals surface area contributed by atoms with Gasteiger partial charge in [-0.25, -0.2) is 0 Å². The first kappa shape index (κ1) is 18.0. The number of nitro benzene ring substituents is 1. The van der Waals surface area contributed by atoms with Gasteiger partial charge in [0, 0.05) is 11.1 Å². The van der Waals surface area contributed by atoms with E-state index < -0.39 is 43.1 Å². The van der Waals surface area contributed by atoms with Gasteiger partial charge in [0.25, 0.3) is 5.69 Å². The molecule has 0 saturated heterocycles. The largest absolute Gasteiger partial charge is 0.416 e. The summed E-state index contributed by atoms with van der Waals surface area (Å²) in [5.74, 6) is -0.630. The van der Waals surface area contributed by atoms with Crippen LogP contribution in [0.15, 0.2) is 47.4 Å². The second-order valence-electron chi connectivity index (χ2n) is 4.43. The molecule has 0 aliphatic rings. The highest BCUT2D eigenvalue weighted by Gasteiger charge is 2.32. The molecule has 0 aliphatic carbocycles. The molecule has 0 heterocycles. The van der Waals surface area contributed by atoms with Crippen molar-refractivity contribution in [3.05, 3.63) is 63.2 Å². The first-order valence-electron chi connectivity index (χ1n) is 6.06. The maximum Gasteiger partial charge on any atom is 0.416 e. The third kappa shape index (κ3) is 3.95. The Hall–Kier alpha value is -2.33. The fraction of sp³-hybridized carbons (Fsp3) is 0.0769. The van der Waals surface area contributed by atoms with Crippen LogP contribution in [0.5, 0.6) is 5.75 Å². The van der Waals surface area contributed by atoms with Crippen molar-refractivity contribution < 1.29 is 30.7 Å². The fourth-order valence-electron chi connectivity index (χ4n) is 1.74. The molecule has 0 aliphatic heterocycles. The Morgan fingerprint density at radius 3 is 2.38 bits per heavy atom. The predicted octanol–water partition coefficient (Wildman–Crippen LogP) is 4.03. The normalized spacial score (nSPS) is 12.0. The summed E-state index contributed by atoms with van der Waals surface area (Å²) in [6, 6.07) is 5.84. The molecule has 0 atom stereocenters. The van der Waals surface area contributed by atoms with Gasteiger partial charge in [-0.3, -0.25) is 10.1 Å². The van der Waals surface area contributed by atoms with Crippen molar-refractivity contribution in [3.8, 4) is 5.75 Å². The van der Waals surface area contributed by atoms with Crippen molar-refractivity contribution in [2.24, 2.45) is 0 Å². The Bertz CT molecular complexity index is 899. The topological polar surface area (TPSA) is 86.5 Å². The Kier molecular flexibility index (Phi) is 4.72. The van der Waals surface area contributed by atoms with Gasteiger partial charge in [-0.1, -0.05) is 17.7 Å². The van der Waals surface area contributed by atoms with E-state index in [1.807, 2.05) is 0 Å². The minimum atomic E-state index is -4.74. The minimum Gasteiger partial charge on any atom is -0.379 e. The lowest BCUT2D eigenvalue weighted by molar-refractivity contribution is -0.387. The van der Waals surface area contributed by atoms with Crippen LogP contribution in [0.1, 0.15) is 5.56 Å². The number of hydrogen-bond acceptors (Lipinski definition) is 5. The molecule has 0 saturated carbocycles. The van der Waals surface area contributed by atoms with Gasteiger partial charge >= 0.3 is 16.3 Å².